The van der Waals surface area contributed by atoms with Gasteiger partial charge in [0.05, 0.1) is 19.3 Å². The van der Waals surface area contributed by atoms with Crippen molar-refractivity contribution in [3.05, 3.63) is 23.0 Å². The van der Waals surface area contributed by atoms with E-state index in [1.165, 1.54) is 10.9 Å². The standard InChI is InChI=1S/C10H10N4O5/c15-1-6(2-16)19-7(3-17)14-5-13-8-9(14)11-4-12-10(8)18/h1,3-7,16H,2H2,(H,11,12,18)/t6-,7+/m1/s1. The Morgan fingerprint density at radius 3 is 2.84 bits per heavy atom. The van der Waals surface area contributed by atoms with Gasteiger partial charge in [-0.3, -0.25) is 14.2 Å². The first-order chi connectivity index (χ1) is 9.21. The van der Waals surface area contributed by atoms with E-state index in [1.54, 1.807) is 0 Å². The highest BCUT2D eigenvalue weighted by molar-refractivity contribution is 5.71. The van der Waals surface area contributed by atoms with Crippen molar-refractivity contribution in [2.45, 2.75) is 12.3 Å². The first-order valence-corrected chi connectivity index (χ1v) is 5.28. The van der Waals surface area contributed by atoms with Crippen molar-refractivity contribution in [3.8, 4) is 0 Å². The average molecular weight is 266 g/mol. The van der Waals surface area contributed by atoms with Gasteiger partial charge in [-0.05, 0) is 0 Å². The fourth-order valence-corrected chi connectivity index (χ4v) is 1.51. The van der Waals surface area contributed by atoms with E-state index in [9.17, 15) is 14.4 Å². The van der Waals surface area contributed by atoms with E-state index >= 15 is 0 Å². The highest BCUT2D eigenvalue weighted by Gasteiger charge is 2.20. The predicted octanol–water partition coefficient (Wildman–Crippen LogP) is -1.61. The van der Waals surface area contributed by atoms with E-state index < -0.39 is 24.5 Å². The number of carbonyl (C=O) groups excluding carboxylic acids is 2. The zero-order chi connectivity index (χ0) is 13.8. The Bertz CT molecular complexity index is 649. The second kappa shape index (κ2) is 5.50. The van der Waals surface area contributed by atoms with Crippen molar-refractivity contribution in [2.24, 2.45) is 0 Å². The van der Waals surface area contributed by atoms with Crippen molar-refractivity contribution >= 4 is 23.7 Å². The van der Waals surface area contributed by atoms with Crippen LogP contribution in [0, 0.1) is 0 Å². The molecule has 9 nitrogen and oxygen atoms in total. The molecule has 19 heavy (non-hydrogen) atoms. The number of imidazole rings is 1. The Balaban J connectivity index is 2.41. The van der Waals surface area contributed by atoms with Gasteiger partial charge in [-0.1, -0.05) is 0 Å². The molecule has 0 spiro atoms. The summed E-state index contributed by atoms with van der Waals surface area (Å²) in [5.74, 6) is 0. The summed E-state index contributed by atoms with van der Waals surface area (Å²) in [6, 6.07) is 0. The van der Waals surface area contributed by atoms with Gasteiger partial charge >= 0.3 is 0 Å². The van der Waals surface area contributed by atoms with Gasteiger partial charge in [0, 0.05) is 0 Å². The Labute approximate surface area is 105 Å². The predicted molar refractivity (Wildman–Crippen MR) is 61.3 cm³/mol. The van der Waals surface area contributed by atoms with Gasteiger partial charge in [-0.15, -0.1) is 0 Å². The lowest BCUT2D eigenvalue weighted by atomic mass is 10.4. The molecule has 0 aliphatic heterocycles. The summed E-state index contributed by atoms with van der Waals surface area (Å²) in [4.78, 5) is 43.1. The van der Waals surface area contributed by atoms with Crippen LogP contribution in [0.1, 0.15) is 6.23 Å². The molecule has 0 radical (unpaired) electrons. The van der Waals surface area contributed by atoms with E-state index in [0.717, 1.165) is 6.33 Å². The molecule has 0 saturated carbocycles. The normalized spacial score (nSPS) is 14.2. The molecule has 0 aliphatic carbocycles. The summed E-state index contributed by atoms with van der Waals surface area (Å²) in [6.07, 6.45) is 0.793. The number of rotatable bonds is 6. The van der Waals surface area contributed by atoms with Crippen molar-refractivity contribution < 1.29 is 19.4 Å². The lowest BCUT2D eigenvalue weighted by Crippen LogP contribution is -2.26. The van der Waals surface area contributed by atoms with Crippen molar-refractivity contribution in [3.63, 3.8) is 0 Å². The van der Waals surface area contributed by atoms with E-state index in [4.69, 9.17) is 9.84 Å². The smallest absolute Gasteiger partial charge is 0.278 e. The molecular weight excluding hydrogens is 256 g/mol. The van der Waals surface area contributed by atoms with Crippen molar-refractivity contribution in [1.29, 1.82) is 0 Å². The molecule has 0 fully saturated rings. The van der Waals surface area contributed by atoms with Crippen LogP contribution in [-0.4, -0.2) is 49.9 Å². The number of nitrogens with one attached hydrogen (secondary N) is 1. The molecule has 2 aromatic rings. The Morgan fingerprint density at radius 2 is 2.21 bits per heavy atom. The van der Waals surface area contributed by atoms with Crippen LogP contribution in [0.5, 0.6) is 0 Å². The molecule has 100 valence electrons. The zero-order valence-electron chi connectivity index (χ0n) is 9.59. The molecule has 2 N–H and O–H groups in total. The summed E-state index contributed by atoms with van der Waals surface area (Å²) in [6.45, 7) is -0.561. The number of carbonyl (C=O) groups is 2. The zero-order valence-corrected chi connectivity index (χ0v) is 9.59. The van der Waals surface area contributed by atoms with Crippen LogP contribution in [0.2, 0.25) is 0 Å². The van der Waals surface area contributed by atoms with Gasteiger partial charge in [0.2, 0.25) is 0 Å². The molecule has 2 rings (SSSR count). The highest BCUT2D eigenvalue weighted by Crippen LogP contribution is 2.13. The maximum Gasteiger partial charge on any atom is 0.278 e. The van der Waals surface area contributed by atoms with Crippen molar-refractivity contribution in [2.75, 3.05) is 6.61 Å². The molecule has 9 heteroatoms. The quantitative estimate of drug-likeness (QED) is 0.602. The number of fused-ring (bicyclic) bond motifs is 1. The number of H-pyrrole nitrogens is 1. The maximum atomic E-state index is 11.4. The third kappa shape index (κ3) is 2.41. The number of aliphatic hydroxyl groups excluding tert-OH is 1. The number of hydrogen-bond donors (Lipinski definition) is 2. The largest absolute Gasteiger partial charge is 0.393 e. The Hall–Kier alpha value is -2.39. The van der Waals surface area contributed by atoms with Crippen LogP contribution in [0.4, 0.5) is 0 Å². The van der Waals surface area contributed by atoms with E-state index in [-0.39, 0.29) is 11.2 Å². The average Bonchev–Trinajstić information content (AvgIpc) is 2.86. The molecule has 2 atom stereocenters. The van der Waals surface area contributed by atoms with Crippen molar-refractivity contribution in [1.82, 2.24) is 19.5 Å². The minimum atomic E-state index is -1.21. The number of aldehydes is 2. The fourth-order valence-electron chi connectivity index (χ4n) is 1.51. The van der Waals surface area contributed by atoms with Gasteiger partial charge in [0.25, 0.3) is 5.56 Å². The SMILES string of the molecule is O=C[C@H](CO)O[C@@H](C=O)n1cnc2c(=O)[nH]cnc21. The molecule has 2 heterocycles. The number of hydrogen-bond acceptors (Lipinski definition) is 7. The minimum Gasteiger partial charge on any atom is -0.393 e. The van der Waals surface area contributed by atoms with E-state index in [2.05, 4.69) is 15.0 Å². The third-order valence-electron chi connectivity index (χ3n) is 2.40. The number of aromatic amines is 1. The minimum absolute atomic E-state index is 0.0459. The lowest BCUT2D eigenvalue weighted by Gasteiger charge is -2.16. The second-order valence-electron chi connectivity index (χ2n) is 3.58. The second-order valence-corrected chi connectivity index (χ2v) is 3.58. The molecule has 0 aromatic carbocycles. The number of nitrogens with zero attached hydrogens (tertiary/aromatic N) is 3. The van der Waals surface area contributed by atoms with Crippen LogP contribution in [-0.2, 0) is 14.3 Å². The van der Waals surface area contributed by atoms with Crippen LogP contribution in [0.3, 0.4) is 0 Å². The molecule has 0 amide bonds. The van der Waals surface area contributed by atoms with Gasteiger partial charge in [-0.2, -0.15) is 0 Å². The van der Waals surface area contributed by atoms with E-state index in [1.807, 2.05) is 0 Å². The summed E-state index contributed by atoms with van der Waals surface area (Å²) in [7, 11) is 0. The van der Waals surface area contributed by atoms with E-state index in [0.29, 0.717) is 12.6 Å². The molecule has 2 aromatic heterocycles. The van der Waals surface area contributed by atoms with Crippen LogP contribution < -0.4 is 5.56 Å². The monoisotopic (exact) mass is 266 g/mol. The number of aromatic nitrogens is 4. The summed E-state index contributed by atoms with van der Waals surface area (Å²) in [5, 5.41) is 8.86. The Kier molecular flexibility index (Phi) is 3.78. The third-order valence-corrected chi connectivity index (χ3v) is 2.40. The summed E-state index contributed by atoms with van der Waals surface area (Å²) >= 11 is 0. The van der Waals surface area contributed by atoms with Gasteiger partial charge in [0.1, 0.15) is 6.10 Å². The fraction of sp³-hybridized carbons (Fsp3) is 0.300. The first-order valence-electron chi connectivity index (χ1n) is 5.28. The lowest BCUT2D eigenvalue weighted by molar-refractivity contribution is -0.139. The van der Waals surface area contributed by atoms with Gasteiger partial charge in [-0.25, -0.2) is 9.97 Å². The summed E-state index contributed by atoms with van der Waals surface area (Å²) in [5.41, 5.74) is -0.268. The molecule has 0 aliphatic rings. The van der Waals surface area contributed by atoms with Gasteiger partial charge in [0.15, 0.2) is 30.0 Å². The van der Waals surface area contributed by atoms with Crippen LogP contribution >= 0.6 is 0 Å². The topological polar surface area (TPSA) is 127 Å². The molecule has 0 bridgehead atoms. The molecule has 0 saturated heterocycles. The molecular formula is C10H10N4O5. The number of aliphatic hydroxyl groups is 1. The first kappa shape index (κ1) is 13.1. The van der Waals surface area contributed by atoms with Gasteiger partial charge < -0.3 is 19.6 Å². The molecule has 0 unspecified atom stereocenters. The Morgan fingerprint density at radius 1 is 1.42 bits per heavy atom. The van der Waals surface area contributed by atoms with Crippen LogP contribution in [0.15, 0.2) is 17.4 Å². The van der Waals surface area contributed by atoms with Crippen LogP contribution in [0.25, 0.3) is 11.2 Å². The number of ether oxygens (including phenoxy) is 1. The summed E-state index contributed by atoms with van der Waals surface area (Å²) < 4.78 is 6.27. The highest BCUT2D eigenvalue weighted by atomic mass is 16.5. The maximum absolute atomic E-state index is 11.4.